The van der Waals surface area contributed by atoms with Crippen molar-refractivity contribution in [1.29, 1.82) is 0 Å². The molecule has 94 valence electrons. The summed E-state index contributed by atoms with van der Waals surface area (Å²) in [6, 6.07) is 4.29. The highest BCUT2D eigenvalue weighted by molar-refractivity contribution is 9.10. The van der Waals surface area contributed by atoms with Crippen molar-refractivity contribution in [1.82, 2.24) is 0 Å². The van der Waals surface area contributed by atoms with Gasteiger partial charge in [-0.2, -0.15) is 0 Å². The number of nitro benzene ring substituents is 1. The number of rotatable bonds is 6. The molecule has 0 aromatic heterocycles. The zero-order chi connectivity index (χ0) is 12.8. The van der Waals surface area contributed by atoms with Crippen molar-refractivity contribution in [2.24, 2.45) is 0 Å². The highest BCUT2D eigenvalue weighted by Crippen LogP contribution is 2.29. The third kappa shape index (κ3) is 3.95. The average Bonchev–Trinajstić information content (AvgIpc) is 2.32. The maximum absolute atomic E-state index is 10.6. The van der Waals surface area contributed by atoms with E-state index >= 15 is 0 Å². The maximum Gasteiger partial charge on any atom is 0.273 e. The lowest BCUT2D eigenvalue weighted by atomic mass is 10.3. The number of nitro groups is 1. The van der Waals surface area contributed by atoms with E-state index in [2.05, 4.69) is 15.9 Å². The summed E-state index contributed by atoms with van der Waals surface area (Å²) >= 11 is 3.24. The summed E-state index contributed by atoms with van der Waals surface area (Å²) in [5.74, 6) is 0.373. The number of nitrogens with zero attached hydrogens (tertiary/aromatic N) is 1. The van der Waals surface area contributed by atoms with Gasteiger partial charge in [-0.25, -0.2) is 0 Å². The molecule has 0 bridgehead atoms. The first-order valence-corrected chi connectivity index (χ1v) is 5.50. The van der Waals surface area contributed by atoms with Gasteiger partial charge in [0.25, 0.3) is 5.69 Å². The van der Waals surface area contributed by atoms with Crippen molar-refractivity contribution in [3.8, 4) is 5.75 Å². The number of benzene rings is 1. The van der Waals surface area contributed by atoms with Crippen molar-refractivity contribution < 1.29 is 19.1 Å². The van der Waals surface area contributed by atoms with Crippen molar-refractivity contribution in [2.75, 3.05) is 20.8 Å². The van der Waals surface area contributed by atoms with E-state index in [1.54, 1.807) is 6.07 Å². The summed E-state index contributed by atoms with van der Waals surface area (Å²) in [6.45, 7) is 0.146. The molecule has 0 atom stereocenters. The molecule has 0 heterocycles. The molecule has 1 rings (SSSR count). The van der Waals surface area contributed by atoms with Gasteiger partial charge < -0.3 is 14.2 Å². The van der Waals surface area contributed by atoms with E-state index in [0.29, 0.717) is 10.2 Å². The number of hydrogen-bond donors (Lipinski definition) is 0. The van der Waals surface area contributed by atoms with Crippen LogP contribution in [0.2, 0.25) is 0 Å². The van der Waals surface area contributed by atoms with E-state index in [9.17, 15) is 10.1 Å². The van der Waals surface area contributed by atoms with Crippen LogP contribution >= 0.6 is 15.9 Å². The Bertz CT molecular complexity index is 394. The summed E-state index contributed by atoms with van der Waals surface area (Å²) in [4.78, 5) is 10.1. The minimum absolute atomic E-state index is 0.0328. The molecule has 0 saturated carbocycles. The van der Waals surface area contributed by atoms with Gasteiger partial charge in [0.2, 0.25) is 0 Å². The summed E-state index contributed by atoms with van der Waals surface area (Å²) in [7, 11) is 2.97. The molecule has 0 aliphatic carbocycles. The van der Waals surface area contributed by atoms with E-state index in [1.807, 2.05) is 0 Å². The second kappa shape index (κ2) is 6.53. The summed E-state index contributed by atoms with van der Waals surface area (Å²) in [6.07, 6.45) is -0.513. The Kier molecular flexibility index (Phi) is 5.33. The van der Waals surface area contributed by atoms with Crippen LogP contribution < -0.4 is 4.74 Å². The quantitative estimate of drug-likeness (QED) is 0.458. The Hall–Kier alpha value is -1.18. The van der Waals surface area contributed by atoms with Crippen LogP contribution in [-0.2, 0) is 9.47 Å². The monoisotopic (exact) mass is 305 g/mol. The van der Waals surface area contributed by atoms with Gasteiger partial charge in [-0.05, 0) is 22.0 Å². The van der Waals surface area contributed by atoms with Crippen molar-refractivity contribution in [3.63, 3.8) is 0 Å². The number of hydrogen-bond acceptors (Lipinski definition) is 5. The number of halogens is 1. The molecule has 0 saturated heterocycles. The first kappa shape index (κ1) is 13.9. The Morgan fingerprint density at radius 3 is 2.59 bits per heavy atom. The van der Waals surface area contributed by atoms with Crippen LogP contribution in [0.15, 0.2) is 22.7 Å². The van der Waals surface area contributed by atoms with Crippen LogP contribution in [0.1, 0.15) is 0 Å². The molecular weight excluding hydrogens is 294 g/mol. The van der Waals surface area contributed by atoms with Crippen LogP contribution in [0.5, 0.6) is 5.75 Å². The summed E-state index contributed by atoms with van der Waals surface area (Å²) in [5, 5.41) is 10.6. The van der Waals surface area contributed by atoms with Gasteiger partial charge in [-0.3, -0.25) is 10.1 Å². The molecule has 0 fully saturated rings. The van der Waals surface area contributed by atoms with Crippen molar-refractivity contribution in [2.45, 2.75) is 6.29 Å². The lowest BCUT2D eigenvalue weighted by molar-refractivity contribution is -0.385. The van der Waals surface area contributed by atoms with E-state index in [-0.39, 0.29) is 12.3 Å². The van der Waals surface area contributed by atoms with E-state index in [1.165, 1.54) is 26.4 Å². The second-order valence-electron chi connectivity index (χ2n) is 3.08. The van der Waals surface area contributed by atoms with Crippen LogP contribution in [-0.4, -0.2) is 32.0 Å². The fourth-order valence-electron chi connectivity index (χ4n) is 1.11. The topological polar surface area (TPSA) is 70.8 Å². The van der Waals surface area contributed by atoms with E-state index in [0.717, 1.165) is 0 Å². The van der Waals surface area contributed by atoms with Gasteiger partial charge in [0.1, 0.15) is 12.4 Å². The molecular formula is C10H12BrNO5. The zero-order valence-electron chi connectivity index (χ0n) is 9.38. The number of non-ortho nitro benzene ring substituents is 1. The second-order valence-corrected chi connectivity index (χ2v) is 3.94. The SMILES string of the molecule is COC(COc1cc([N+](=O)[O-])ccc1Br)OC. The molecule has 0 N–H and O–H groups in total. The molecule has 6 nitrogen and oxygen atoms in total. The fraction of sp³-hybridized carbons (Fsp3) is 0.400. The first-order chi connectivity index (χ1) is 8.08. The van der Waals surface area contributed by atoms with Crippen LogP contribution in [0.25, 0.3) is 0 Å². The molecule has 17 heavy (non-hydrogen) atoms. The summed E-state index contributed by atoms with van der Waals surface area (Å²) in [5.41, 5.74) is -0.0328. The highest BCUT2D eigenvalue weighted by Gasteiger charge is 2.12. The average molecular weight is 306 g/mol. The van der Waals surface area contributed by atoms with Gasteiger partial charge in [0.15, 0.2) is 6.29 Å². The van der Waals surface area contributed by atoms with Gasteiger partial charge in [0.05, 0.1) is 15.5 Å². The smallest absolute Gasteiger partial charge is 0.273 e. The maximum atomic E-state index is 10.6. The summed E-state index contributed by atoms with van der Waals surface area (Å²) < 4.78 is 15.9. The van der Waals surface area contributed by atoms with Crippen LogP contribution in [0.3, 0.4) is 0 Å². The first-order valence-electron chi connectivity index (χ1n) is 4.70. The molecule has 1 aromatic carbocycles. The third-order valence-corrected chi connectivity index (χ3v) is 2.68. The number of methoxy groups -OCH3 is 2. The predicted octanol–water partition coefficient (Wildman–Crippen LogP) is 2.36. The third-order valence-electron chi connectivity index (χ3n) is 2.03. The van der Waals surface area contributed by atoms with E-state index in [4.69, 9.17) is 14.2 Å². The Balaban J connectivity index is 2.75. The van der Waals surface area contributed by atoms with Gasteiger partial charge in [-0.15, -0.1) is 0 Å². The molecule has 0 amide bonds. The molecule has 0 unspecified atom stereocenters. The minimum atomic E-state index is -0.513. The molecule has 0 aliphatic rings. The van der Waals surface area contributed by atoms with Crippen LogP contribution in [0.4, 0.5) is 5.69 Å². The van der Waals surface area contributed by atoms with Gasteiger partial charge in [0, 0.05) is 20.3 Å². The Morgan fingerprint density at radius 1 is 1.41 bits per heavy atom. The Morgan fingerprint density at radius 2 is 2.06 bits per heavy atom. The number of ether oxygens (including phenoxy) is 3. The molecule has 7 heteroatoms. The predicted molar refractivity (Wildman–Crippen MR) is 64.1 cm³/mol. The van der Waals surface area contributed by atoms with Crippen LogP contribution in [0, 0.1) is 10.1 Å². The molecule has 0 radical (unpaired) electrons. The molecule has 1 aromatic rings. The lowest BCUT2D eigenvalue weighted by Crippen LogP contribution is -2.22. The minimum Gasteiger partial charge on any atom is -0.487 e. The molecule has 0 aliphatic heterocycles. The highest BCUT2D eigenvalue weighted by atomic mass is 79.9. The standard InChI is InChI=1S/C10H12BrNO5/c1-15-10(16-2)6-17-9-5-7(12(13)14)3-4-8(9)11/h3-5,10H,6H2,1-2H3. The van der Waals surface area contributed by atoms with Crippen molar-refractivity contribution >= 4 is 21.6 Å². The Labute approximate surface area is 107 Å². The molecule has 0 spiro atoms. The largest absolute Gasteiger partial charge is 0.487 e. The van der Waals surface area contributed by atoms with Gasteiger partial charge in [-0.1, -0.05) is 0 Å². The zero-order valence-corrected chi connectivity index (χ0v) is 11.0. The van der Waals surface area contributed by atoms with Crippen molar-refractivity contribution in [3.05, 3.63) is 32.8 Å². The fourth-order valence-corrected chi connectivity index (χ4v) is 1.47. The van der Waals surface area contributed by atoms with Gasteiger partial charge >= 0.3 is 0 Å². The lowest BCUT2D eigenvalue weighted by Gasteiger charge is -2.14. The normalized spacial score (nSPS) is 10.6. The van der Waals surface area contributed by atoms with E-state index < -0.39 is 11.2 Å².